The minimum absolute atomic E-state index is 0.704. The summed E-state index contributed by atoms with van der Waals surface area (Å²) in [6.07, 6.45) is 3.42. The molecule has 3 nitrogen and oxygen atoms in total. The van der Waals surface area contributed by atoms with Gasteiger partial charge in [0.2, 0.25) is 0 Å². The molecule has 94 valence electrons. The number of nitrogens with two attached hydrogens (primary N) is 1. The molecule has 2 N–H and O–H groups in total. The second-order valence-electron chi connectivity index (χ2n) is 4.58. The maximum absolute atomic E-state index is 5.70. The van der Waals surface area contributed by atoms with Crippen molar-refractivity contribution in [3.05, 3.63) is 29.8 Å². The van der Waals surface area contributed by atoms with Gasteiger partial charge in [-0.15, -0.1) is 0 Å². The van der Waals surface area contributed by atoms with Crippen LogP contribution in [0.4, 0.5) is 0 Å². The van der Waals surface area contributed by atoms with Crippen molar-refractivity contribution in [1.82, 2.24) is 4.90 Å². The van der Waals surface area contributed by atoms with Gasteiger partial charge >= 0.3 is 0 Å². The summed E-state index contributed by atoms with van der Waals surface area (Å²) in [5, 5.41) is 0. The Bertz CT molecular complexity index is 319. The SMILES string of the molecule is NCCc1ccc(OCCCN2CCC2)cc1. The standard InChI is InChI=1S/C14H22N2O/c15-8-7-13-3-5-14(6-4-13)17-12-2-11-16-9-1-10-16/h3-6H,1-2,7-12,15H2. The van der Waals surface area contributed by atoms with E-state index in [2.05, 4.69) is 17.0 Å². The monoisotopic (exact) mass is 234 g/mol. The number of hydrogen-bond donors (Lipinski definition) is 1. The molecule has 0 spiro atoms. The number of benzene rings is 1. The number of hydrogen-bond acceptors (Lipinski definition) is 3. The Labute approximate surface area is 104 Å². The molecule has 0 amide bonds. The average Bonchev–Trinajstić information content (AvgIpc) is 2.29. The number of likely N-dealkylation sites (tertiary alicyclic amines) is 1. The molecule has 0 radical (unpaired) electrons. The first kappa shape index (κ1) is 12.4. The van der Waals surface area contributed by atoms with Crippen LogP contribution >= 0.6 is 0 Å². The third-order valence-corrected chi connectivity index (χ3v) is 3.19. The van der Waals surface area contributed by atoms with Gasteiger partial charge in [0, 0.05) is 6.54 Å². The highest BCUT2D eigenvalue weighted by Gasteiger charge is 2.12. The molecule has 0 saturated carbocycles. The molecule has 1 aromatic carbocycles. The molecule has 1 fully saturated rings. The lowest BCUT2D eigenvalue weighted by atomic mass is 10.1. The first-order valence-electron chi connectivity index (χ1n) is 6.52. The molecule has 0 aliphatic carbocycles. The van der Waals surface area contributed by atoms with Crippen molar-refractivity contribution in [2.24, 2.45) is 5.73 Å². The topological polar surface area (TPSA) is 38.5 Å². The van der Waals surface area contributed by atoms with Crippen LogP contribution in [0.2, 0.25) is 0 Å². The second kappa shape index (κ2) is 6.62. The summed E-state index contributed by atoms with van der Waals surface area (Å²) in [6.45, 7) is 5.23. The van der Waals surface area contributed by atoms with Crippen LogP contribution in [0.3, 0.4) is 0 Å². The van der Waals surface area contributed by atoms with Gasteiger partial charge < -0.3 is 15.4 Å². The van der Waals surface area contributed by atoms with Gasteiger partial charge in [0.05, 0.1) is 6.61 Å². The van der Waals surface area contributed by atoms with Crippen LogP contribution in [0.25, 0.3) is 0 Å². The van der Waals surface area contributed by atoms with Gasteiger partial charge in [-0.05, 0) is 56.6 Å². The molecule has 3 heteroatoms. The van der Waals surface area contributed by atoms with Gasteiger partial charge in [-0.3, -0.25) is 0 Å². The molecule has 0 aromatic heterocycles. The van der Waals surface area contributed by atoms with E-state index in [4.69, 9.17) is 10.5 Å². The maximum atomic E-state index is 5.70. The molecule has 0 unspecified atom stereocenters. The molecule has 2 rings (SSSR count). The first-order chi connectivity index (χ1) is 8.38. The minimum atomic E-state index is 0.704. The number of ether oxygens (including phenoxy) is 1. The third kappa shape index (κ3) is 4.02. The lowest BCUT2D eigenvalue weighted by Gasteiger charge is -2.30. The van der Waals surface area contributed by atoms with Crippen molar-refractivity contribution in [2.75, 3.05) is 32.8 Å². The molecular weight excluding hydrogens is 212 g/mol. The van der Waals surface area contributed by atoms with Gasteiger partial charge in [-0.1, -0.05) is 12.1 Å². The Kier molecular flexibility index (Phi) is 4.83. The lowest BCUT2D eigenvalue weighted by molar-refractivity contribution is 0.165. The smallest absolute Gasteiger partial charge is 0.119 e. The average molecular weight is 234 g/mol. The van der Waals surface area contributed by atoms with Crippen LogP contribution in [0.5, 0.6) is 5.75 Å². The summed E-state index contributed by atoms with van der Waals surface area (Å²) < 4.78 is 5.70. The zero-order valence-corrected chi connectivity index (χ0v) is 10.4. The van der Waals surface area contributed by atoms with E-state index in [0.717, 1.165) is 25.2 Å². The van der Waals surface area contributed by atoms with E-state index in [1.54, 1.807) is 0 Å². The Hall–Kier alpha value is -1.06. The molecular formula is C14H22N2O. The lowest BCUT2D eigenvalue weighted by Crippen LogP contribution is -2.38. The van der Waals surface area contributed by atoms with Crippen LogP contribution in [-0.4, -0.2) is 37.7 Å². The van der Waals surface area contributed by atoms with Gasteiger partial charge in [-0.2, -0.15) is 0 Å². The van der Waals surface area contributed by atoms with Crippen molar-refractivity contribution in [2.45, 2.75) is 19.3 Å². The molecule has 17 heavy (non-hydrogen) atoms. The Morgan fingerprint density at radius 3 is 2.53 bits per heavy atom. The Balaban J connectivity index is 1.63. The fourth-order valence-corrected chi connectivity index (χ4v) is 2.00. The minimum Gasteiger partial charge on any atom is -0.494 e. The van der Waals surface area contributed by atoms with Crippen LogP contribution in [0.15, 0.2) is 24.3 Å². The van der Waals surface area contributed by atoms with Crippen LogP contribution in [0.1, 0.15) is 18.4 Å². The predicted molar refractivity (Wildman–Crippen MR) is 70.4 cm³/mol. The van der Waals surface area contributed by atoms with Gasteiger partial charge in [-0.25, -0.2) is 0 Å². The highest BCUT2D eigenvalue weighted by atomic mass is 16.5. The third-order valence-electron chi connectivity index (χ3n) is 3.19. The van der Waals surface area contributed by atoms with E-state index >= 15 is 0 Å². The van der Waals surface area contributed by atoms with Crippen molar-refractivity contribution < 1.29 is 4.74 Å². The maximum Gasteiger partial charge on any atom is 0.119 e. The molecule has 1 aliphatic heterocycles. The molecule has 0 atom stereocenters. The van der Waals surface area contributed by atoms with Crippen LogP contribution in [-0.2, 0) is 6.42 Å². The zero-order chi connectivity index (χ0) is 11.9. The normalized spacial score (nSPS) is 15.6. The molecule has 1 aliphatic rings. The molecule has 0 bridgehead atoms. The summed E-state index contributed by atoms with van der Waals surface area (Å²) in [5.41, 5.74) is 6.79. The summed E-state index contributed by atoms with van der Waals surface area (Å²) >= 11 is 0. The van der Waals surface area contributed by atoms with Gasteiger partial charge in [0.1, 0.15) is 5.75 Å². The van der Waals surface area contributed by atoms with E-state index in [9.17, 15) is 0 Å². The summed E-state index contributed by atoms with van der Waals surface area (Å²) in [5.74, 6) is 0.967. The van der Waals surface area contributed by atoms with Crippen LogP contribution < -0.4 is 10.5 Å². The van der Waals surface area contributed by atoms with Crippen LogP contribution in [0, 0.1) is 0 Å². The quantitative estimate of drug-likeness (QED) is 0.729. The van der Waals surface area contributed by atoms with Gasteiger partial charge in [0.25, 0.3) is 0 Å². The largest absolute Gasteiger partial charge is 0.494 e. The predicted octanol–water partition coefficient (Wildman–Crippen LogP) is 1.66. The molecule has 1 aromatic rings. The van der Waals surface area contributed by atoms with Crippen molar-refractivity contribution in [3.63, 3.8) is 0 Å². The van der Waals surface area contributed by atoms with E-state index in [0.29, 0.717) is 6.54 Å². The Morgan fingerprint density at radius 1 is 1.18 bits per heavy atom. The van der Waals surface area contributed by atoms with E-state index in [1.807, 2.05) is 12.1 Å². The fraction of sp³-hybridized carbons (Fsp3) is 0.571. The van der Waals surface area contributed by atoms with E-state index in [1.165, 1.54) is 31.6 Å². The summed E-state index contributed by atoms with van der Waals surface area (Å²) in [7, 11) is 0. The van der Waals surface area contributed by atoms with E-state index in [-0.39, 0.29) is 0 Å². The van der Waals surface area contributed by atoms with Crippen molar-refractivity contribution >= 4 is 0 Å². The molecule has 1 saturated heterocycles. The highest BCUT2D eigenvalue weighted by Crippen LogP contribution is 2.13. The van der Waals surface area contributed by atoms with E-state index < -0.39 is 0 Å². The second-order valence-corrected chi connectivity index (χ2v) is 4.58. The fourth-order valence-electron chi connectivity index (χ4n) is 2.00. The first-order valence-corrected chi connectivity index (χ1v) is 6.52. The highest BCUT2D eigenvalue weighted by molar-refractivity contribution is 5.27. The van der Waals surface area contributed by atoms with Crippen molar-refractivity contribution in [1.29, 1.82) is 0 Å². The number of nitrogens with zero attached hydrogens (tertiary/aromatic N) is 1. The zero-order valence-electron chi connectivity index (χ0n) is 10.4. The Morgan fingerprint density at radius 2 is 1.94 bits per heavy atom. The van der Waals surface area contributed by atoms with Gasteiger partial charge in [0.15, 0.2) is 0 Å². The summed E-state index contributed by atoms with van der Waals surface area (Å²) in [6, 6.07) is 8.26. The number of rotatable bonds is 7. The summed E-state index contributed by atoms with van der Waals surface area (Å²) in [4.78, 5) is 2.47. The molecule has 1 heterocycles. The van der Waals surface area contributed by atoms with Crippen molar-refractivity contribution in [3.8, 4) is 5.75 Å².